The van der Waals surface area contributed by atoms with Crippen LogP contribution in [0, 0.1) is 42.4 Å². The van der Waals surface area contributed by atoms with E-state index in [0.717, 1.165) is 69.3 Å². The number of aromatic nitrogens is 2. The molecule has 0 unspecified atom stereocenters. The van der Waals surface area contributed by atoms with E-state index in [1.807, 2.05) is 53.9 Å². The quantitative estimate of drug-likeness (QED) is 0.0787. The van der Waals surface area contributed by atoms with Crippen molar-refractivity contribution in [3.63, 3.8) is 0 Å². The second-order valence-electron chi connectivity index (χ2n) is 20.0. The van der Waals surface area contributed by atoms with Crippen molar-refractivity contribution in [3.8, 4) is 34.6 Å². The van der Waals surface area contributed by atoms with Gasteiger partial charge in [0.05, 0.1) is 17.7 Å². The van der Waals surface area contributed by atoms with Crippen molar-refractivity contribution >= 4 is 40.5 Å². The van der Waals surface area contributed by atoms with E-state index >= 15 is 8.78 Å². The third-order valence-electron chi connectivity index (χ3n) is 15.7. The molecule has 5 amide bonds. The Hall–Kier alpha value is -7.03. The molecule has 10 rings (SSSR count). The first-order valence-corrected chi connectivity index (χ1v) is 25.0. The fourth-order valence-corrected chi connectivity index (χ4v) is 11.6. The number of aliphatic hydroxyl groups excluding tert-OH is 1. The maximum Gasteiger partial charge on any atom is 0.329 e. The highest BCUT2D eigenvalue weighted by Gasteiger charge is 2.49. The Kier molecular flexibility index (Phi) is 13.4. The van der Waals surface area contributed by atoms with E-state index < -0.39 is 35.1 Å². The number of carbonyl (C=O) groups is 4. The number of anilines is 1. The van der Waals surface area contributed by atoms with Crippen molar-refractivity contribution in [2.24, 2.45) is 24.6 Å². The molecular weight excluding hydrogens is 923 g/mol. The van der Waals surface area contributed by atoms with Crippen molar-refractivity contribution < 1.29 is 42.5 Å². The number of fused-ring (bicyclic) bond motifs is 2. The second-order valence-corrected chi connectivity index (χ2v) is 20.0. The van der Waals surface area contributed by atoms with Gasteiger partial charge in [0.2, 0.25) is 23.3 Å². The molecule has 1 aliphatic carbocycles. The Labute approximate surface area is 417 Å². The molecule has 3 saturated heterocycles. The summed E-state index contributed by atoms with van der Waals surface area (Å²) in [6, 6.07) is 22.3. The van der Waals surface area contributed by atoms with Crippen molar-refractivity contribution in [1.29, 1.82) is 0 Å². The third-order valence-corrected chi connectivity index (χ3v) is 15.7. The van der Waals surface area contributed by atoms with E-state index in [9.17, 15) is 24.3 Å². The SMILES string of the molecule is Cc1c(F)cc2c(c1-c1c(C(N)=O)ccc(OCCO)c1F)[C@H](C)[C@@](C#CNC1CC(C(=O)N3CCC(CN4CCC(c5ccc6c(N7CCC(=O)NC7=O)nn(C)c6c5)CC4)CC3)C1)(c1ccccc1)O2. The number of benzene rings is 4. The normalized spacial score (nSPS) is 22.7. The number of carbonyl (C=O) groups excluding carboxylic acids is 4. The highest BCUT2D eigenvalue weighted by atomic mass is 19.1. The smallest absolute Gasteiger partial charge is 0.329 e. The van der Waals surface area contributed by atoms with Crippen LogP contribution in [-0.4, -0.2) is 107 Å². The molecule has 4 aliphatic heterocycles. The van der Waals surface area contributed by atoms with Crippen LogP contribution in [0.25, 0.3) is 22.0 Å². The van der Waals surface area contributed by atoms with Crippen LogP contribution in [0.1, 0.15) is 96.3 Å². The van der Waals surface area contributed by atoms with E-state index in [2.05, 4.69) is 50.8 Å². The first kappa shape index (κ1) is 48.6. The van der Waals surface area contributed by atoms with Gasteiger partial charge in [-0.05, 0) is 117 Å². The van der Waals surface area contributed by atoms with Gasteiger partial charge in [-0.15, -0.1) is 0 Å². The molecule has 72 heavy (non-hydrogen) atoms. The molecule has 1 aromatic heterocycles. The number of likely N-dealkylation sites (tertiary alicyclic amines) is 2. The van der Waals surface area contributed by atoms with Crippen LogP contribution in [0.15, 0.2) is 66.7 Å². The predicted octanol–water partition coefficient (Wildman–Crippen LogP) is 6.58. The van der Waals surface area contributed by atoms with Gasteiger partial charge in [0.15, 0.2) is 17.4 Å². The number of piperidine rings is 2. The Morgan fingerprint density at radius 2 is 1.74 bits per heavy atom. The van der Waals surface area contributed by atoms with E-state index in [4.69, 9.17) is 15.2 Å². The number of aliphatic hydroxyl groups is 1. The van der Waals surface area contributed by atoms with Gasteiger partial charge in [0, 0.05) is 91.7 Å². The topological polar surface area (TPSA) is 185 Å². The highest BCUT2D eigenvalue weighted by molar-refractivity contribution is 6.09. The number of rotatable bonds is 12. The number of halogens is 2. The summed E-state index contributed by atoms with van der Waals surface area (Å²) in [6.45, 7) is 7.68. The number of hydrogen-bond donors (Lipinski definition) is 4. The van der Waals surface area contributed by atoms with Crippen LogP contribution < -0.4 is 30.7 Å². The summed E-state index contributed by atoms with van der Waals surface area (Å²) in [4.78, 5) is 56.9. The molecule has 5 N–H and O–H groups in total. The van der Waals surface area contributed by atoms with Crippen LogP contribution in [0.3, 0.4) is 0 Å². The summed E-state index contributed by atoms with van der Waals surface area (Å²) < 4.78 is 46.3. The van der Waals surface area contributed by atoms with Gasteiger partial charge >= 0.3 is 6.03 Å². The summed E-state index contributed by atoms with van der Waals surface area (Å²) >= 11 is 0. The van der Waals surface area contributed by atoms with Crippen molar-refractivity contribution in [2.45, 2.75) is 82.3 Å². The zero-order valence-electron chi connectivity index (χ0n) is 40.8. The number of hydrogen-bond acceptors (Lipinski definition) is 10. The van der Waals surface area contributed by atoms with Crippen molar-refractivity contribution in [1.82, 2.24) is 30.2 Å². The van der Waals surface area contributed by atoms with Gasteiger partial charge in [0.25, 0.3) is 0 Å². The molecule has 376 valence electrons. The molecule has 17 heteroatoms. The van der Waals surface area contributed by atoms with Gasteiger partial charge in [0.1, 0.15) is 18.2 Å². The van der Waals surface area contributed by atoms with E-state index in [-0.39, 0.29) is 77.2 Å². The summed E-state index contributed by atoms with van der Waals surface area (Å²) in [5.74, 6) is 1.50. The molecule has 0 spiro atoms. The van der Waals surface area contributed by atoms with Gasteiger partial charge < -0.3 is 35.4 Å². The minimum absolute atomic E-state index is 0.0256. The number of nitrogens with zero attached hydrogens (tertiary/aromatic N) is 5. The summed E-state index contributed by atoms with van der Waals surface area (Å²) in [6.07, 6.45) is 5.58. The molecule has 4 fully saturated rings. The van der Waals surface area contributed by atoms with Crippen LogP contribution in [0.4, 0.5) is 19.4 Å². The lowest BCUT2D eigenvalue weighted by atomic mass is 9.77. The fourth-order valence-electron chi connectivity index (χ4n) is 11.6. The van der Waals surface area contributed by atoms with Crippen LogP contribution in [0.2, 0.25) is 0 Å². The Bertz CT molecular complexity index is 3000. The molecule has 15 nitrogen and oxygen atoms in total. The molecule has 5 aromatic rings. The minimum atomic E-state index is -1.35. The van der Waals surface area contributed by atoms with Gasteiger partial charge in [-0.25, -0.2) is 13.6 Å². The maximum atomic E-state index is 16.5. The molecule has 5 heterocycles. The van der Waals surface area contributed by atoms with Gasteiger partial charge in [-0.3, -0.25) is 29.3 Å². The summed E-state index contributed by atoms with van der Waals surface area (Å²) in [5.41, 5.74) is 7.64. The Balaban J connectivity index is 0.740. The lowest BCUT2D eigenvalue weighted by Gasteiger charge is -2.41. The van der Waals surface area contributed by atoms with E-state index in [0.29, 0.717) is 48.2 Å². The summed E-state index contributed by atoms with van der Waals surface area (Å²) in [5, 5.41) is 20.6. The molecular formula is C55H60F2N8O7. The Morgan fingerprint density at radius 1 is 0.986 bits per heavy atom. The van der Waals surface area contributed by atoms with E-state index in [1.165, 1.54) is 30.7 Å². The van der Waals surface area contributed by atoms with Gasteiger partial charge in [-0.1, -0.05) is 43.3 Å². The largest absolute Gasteiger partial charge is 0.488 e. The van der Waals surface area contributed by atoms with Gasteiger partial charge in [-0.2, -0.15) is 5.10 Å². The molecule has 2 atom stereocenters. The average molecular weight is 983 g/mol. The predicted molar refractivity (Wildman–Crippen MR) is 266 cm³/mol. The monoisotopic (exact) mass is 982 g/mol. The zero-order valence-corrected chi connectivity index (χ0v) is 40.8. The number of aryl methyl sites for hydroxylation is 1. The zero-order chi connectivity index (χ0) is 50.4. The van der Waals surface area contributed by atoms with Crippen molar-refractivity contribution in [3.05, 3.63) is 106 Å². The molecule has 1 saturated carbocycles. The number of urea groups is 1. The lowest BCUT2D eigenvalue weighted by molar-refractivity contribution is -0.140. The second kappa shape index (κ2) is 19.9. The lowest BCUT2D eigenvalue weighted by Crippen LogP contribution is -2.50. The highest BCUT2D eigenvalue weighted by Crippen LogP contribution is 2.55. The number of amides is 5. The van der Waals surface area contributed by atoms with Crippen molar-refractivity contribution in [2.75, 3.05) is 57.4 Å². The number of nitrogens with two attached hydrogens (primary N) is 1. The minimum Gasteiger partial charge on any atom is -0.488 e. The number of primary amides is 1. The number of imide groups is 1. The molecule has 4 aromatic carbocycles. The standard InChI is InChI=1S/C55H60F2N8O7/c1-32-42(56)30-45-48(47(32)49-41(51(58)68)11-12-44(50(49)57)71-26-25-66)33(2)55(72-45,38-7-5-4-6-8-38)18-19-59-39-27-37(28-39)53(69)64-22-13-34(14-23-64)31-63-20-15-35(16-21-63)36-9-10-40-43(29-36)62(3)61-52(40)65-24-17-46(67)60-54(65)70/h4-12,29-30,33-35,37,39,59,66H,13-17,20-28,31H2,1-3H3,(H2,58,68)(H,60,67,70)/t33-,37?,39?,55-/m0/s1. The summed E-state index contributed by atoms with van der Waals surface area (Å²) in [7, 11) is 1.89. The molecule has 5 aliphatic rings. The third kappa shape index (κ3) is 8.99. The van der Waals surface area contributed by atoms with Crippen LogP contribution in [-0.2, 0) is 22.2 Å². The van der Waals surface area contributed by atoms with Crippen LogP contribution in [0.5, 0.6) is 11.5 Å². The van der Waals surface area contributed by atoms with Crippen LogP contribution >= 0.6 is 0 Å². The van der Waals surface area contributed by atoms with E-state index in [1.54, 1.807) is 4.90 Å². The molecule has 0 radical (unpaired) electrons. The number of nitrogens with one attached hydrogen (secondary N) is 2. The first-order chi connectivity index (χ1) is 34.7. The number of ether oxygens (including phenoxy) is 2. The average Bonchev–Trinajstić information content (AvgIpc) is 3.84. The maximum absolute atomic E-state index is 16.5. The molecule has 0 bridgehead atoms. The first-order valence-electron chi connectivity index (χ1n) is 25.0. The fraction of sp³-hybridized carbons (Fsp3) is 0.436. The Morgan fingerprint density at radius 3 is 2.44 bits per heavy atom.